The summed E-state index contributed by atoms with van der Waals surface area (Å²) in [7, 11) is 0. The molecule has 0 aromatic carbocycles. The summed E-state index contributed by atoms with van der Waals surface area (Å²) in [6.07, 6.45) is 8.66. The number of carbonyl (C=O) groups is 2. The van der Waals surface area contributed by atoms with E-state index in [0.717, 1.165) is 12.8 Å². The van der Waals surface area contributed by atoms with Gasteiger partial charge >= 0.3 is 0 Å². The zero-order chi connectivity index (χ0) is 14.4. The Morgan fingerprint density at radius 3 is 2.30 bits per heavy atom. The van der Waals surface area contributed by atoms with E-state index in [1.54, 1.807) is 4.90 Å². The number of hydrogen-bond donors (Lipinski definition) is 1. The van der Waals surface area contributed by atoms with Gasteiger partial charge < -0.3 is 10.2 Å². The van der Waals surface area contributed by atoms with E-state index in [0.29, 0.717) is 25.4 Å². The van der Waals surface area contributed by atoms with Crippen LogP contribution in [0.5, 0.6) is 0 Å². The summed E-state index contributed by atoms with van der Waals surface area (Å²) in [6, 6.07) is 0.227. The molecular formula is C15H25ClN2O2. The molecule has 1 N–H and O–H groups in total. The molecule has 2 fully saturated rings. The lowest BCUT2D eigenvalue weighted by Crippen LogP contribution is -2.47. The number of piperidine rings is 1. The molecule has 0 aromatic rings. The third-order valence-corrected chi connectivity index (χ3v) is 4.75. The lowest BCUT2D eigenvalue weighted by molar-refractivity contribution is -0.129. The highest BCUT2D eigenvalue weighted by Gasteiger charge is 2.24. The minimum absolute atomic E-state index is 0.00125. The Hall–Kier alpha value is -0.770. The van der Waals surface area contributed by atoms with E-state index in [1.807, 2.05) is 0 Å². The van der Waals surface area contributed by atoms with Crippen LogP contribution >= 0.6 is 11.6 Å². The molecule has 1 saturated heterocycles. The van der Waals surface area contributed by atoms with Crippen LogP contribution in [0.2, 0.25) is 0 Å². The van der Waals surface area contributed by atoms with Crippen molar-refractivity contribution >= 4 is 23.4 Å². The Kier molecular flexibility index (Phi) is 6.14. The summed E-state index contributed by atoms with van der Waals surface area (Å²) >= 11 is 5.55. The molecule has 0 radical (unpaired) electrons. The number of halogens is 1. The zero-order valence-corrected chi connectivity index (χ0v) is 12.8. The Morgan fingerprint density at radius 2 is 1.70 bits per heavy atom. The summed E-state index contributed by atoms with van der Waals surface area (Å²) in [5.41, 5.74) is 0. The number of amides is 2. The van der Waals surface area contributed by atoms with E-state index in [4.69, 9.17) is 11.6 Å². The molecule has 0 bridgehead atoms. The molecule has 1 saturated carbocycles. The largest absolute Gasteiger partial charge is 0.353 e. The smallest absolute Gasteiger partial charge is 0.237 e. The van der Waals surface area contributed by atoms with Crippen molar-refractivity contribution in [1.29, 1.82) is 0 Å². The van der Waals surface area contributed by atoms with Crippen LogP contribution in [0.1, 0.15) is 51.4 Å². The van der Waals surface area contributed by atoms with Gasteiger partial charge in [0.05, 0.1) is 0 Å². The summed E-state index contributed by atoms with van der Waals surface area (Å²) in [5.74, 6) is 0.831. The first-order valence-electron chi connectivity index (χ1n) is 7.82. The highest BCUT2D eigenvalue weighted by molar-refractivity contribution is 6.27. The van der Waals surface area contributed by atoms with Crippen LogP contribution < -0.4 is 5.32 Å². The summed E-state index contributed by atoms with van der Waals surface area (Å²) in [4.78, 5) is 25.3. The van der Waals surface area contributed by atoms with E-state index in [2.05, 4.69) is 5.32 Å². The highest BCUT2D eigenvalue weighted by Crippen LogP contribution is 2.26. The second-order valence-corrected chi connectivity index (χ2v) is 6.33. The van der Waals surface area contributed by atoms with Gasteiger partial charge in [-0.15, -0.1) is 11.6 Å². The molecule has 0 unspecified atom stereocenters. The van der Waals surface area contributed by atoms with Crippen molar-refractivity contribution in [1.82, 2.24) is 10.2 Å². The predicted molar refractivity (Wildman–Crippen MR) is 79.7 cm³/mol. The molecule has 0 spiro atoms. The first-order chi connectivity index (χ1) is 9.69. The van der Waals surface area contributed by atoms with Crippen molar-refractivity contribution in [3.05, 3.63) is 0 Å². The third-order valence-electron chi connectivity index (χ3n) is 4.53. The van der Waals surface area contributed by atoms with Gasteiger partial charge in [0.15, 0.2) is 0 Å². The van der Waals surface area contributed by atoms with Crippen molar-refractivity contribution < 1.29 is 9.59 Å². The van der Waals surface area contributed by atoms with Crippen molar-refractivity contribution in [3.63, 3.8) is 0 Å². The van der Waals surface area contributed by atoms with Crippen molar-refractivity contribution in [2.45, 2.75) is 57.4 Å². The molecule has 20 heavy (non-hydrogen) atoms. The number of likely N-dealkylation sites (tertiary alicyclic amines) is 1. The number of nitrogens with zero attached hydrogens (tertiary/aromatic N) is 1. The first-order valence-corrected chi connectivity index (χ1v) is 8.35. The number of nitrogens with one attached hydrogen (secondary N) is 1. The molecular weight excluding hydrogens is 276 g/mol. The molecule has 1 heterocycles. The number of carbonyl (C=O) groups excluding carboxylic acids is 2. The van der Waals surface area contributed by atoms with Crippen LogP contribution in [0, 0.1) is 5.92 Å². The molecule has 4 nitrogen and oxygen atoms in total. The van der Waals surface area contributed by atoms with Crippen LogP contribution in [-0.4, -0.2) is 41.7 Å². The van der Waals surface area contributed by atoms with Crippen molar-refractivity contribution in [2.24, 2.45) is 5.92 Å². The van der Waals surface area contributed by atoms with Gasteiger partial charge in [-0.3, -0.25) is 9.59 Å². The monoisotopic (exact) mass is 300 g/mol. The Morgan fingerprint density at radius 1 is 1.05 bits per heavy atom. The third kappa shape index (κ3) is 4.65. The van der Waals surface area contributed by atoms with Crippen LogP contribution in [0.15, 0.2) is 0 Å². The topological polar surface area (TPSA) is 49.4 Å². The molecule has 2 aliphatic rings. The quantitative estimate of drug-likeness (QED) is 0.810. The van der Waals surface area contributed by atoms with E-state index >= 15 is 0 Å². The molecule has 1 aliphatic heterocycles. The standard InChI is InChI=1S/C15H25ClN2O2/c16-11-15(20)18-8-6-13(7-9-18)17-14(19)10-12-4-2-1-3-5-12/h12-13H,1-11H2,(H,17,19). The van der Waals surface area contributed by atoms with Gasteiger partial charge in [0.25, 0.3) is 0 Å². The van der Waals surface area contributed by atoms with Crippen molar-refractivity contribution in [2.75, 3.05) is 19.0 Å². The Labute approximate surface area is 126 Å². The van der Waals surface area contributed by atoms with Crippen molar-refractivity contribution in [3.8, 4) is 0 Å². The highest BCUT2D eigenvalue weighted by atomic mass is 35.5. The van der Waals surface area contributed by atoms with Crippen LogP contribution in [0.3, 0.4) is 0 Å². The van der Waals surface area contributed by atoms with Gasteiger partial charge in [0.1, 0.15) is 5.88 Å². The molecule has 114 valence electrons. The first kappa shape index (κ1) is 15.6. The second kappa shape index (κ2) is 7.87. The van der Waals surface area contributed by atoms with Crippen LogP contribution in [0.4, 0.5) is 0 Å². The lowest BCUT2D eigenvalue weighted by atomic mass is 9.86. The van der Waals surface area contributed by atoms with Gasteiger partial charge in [-0.2, -0.15) is 0 Å². The Bertz CT molecular complexity index is 335. The molecule has 1 aliphatic carbocycles. The van der Waals surface area contributed by atoms with Crippen LogP contribution in [-0.2, 0) is 9.59 Å². The minimum atomic E-state index is -0.00125. The average Bonchev–Trinajstić information content (AvgIpc) is 2.48. The predicted octanol–water partition coefficient (Wildman–Crippen LogP) is 2.30. The lowest BCUT2D eigenvalue weighted by Gasteiger charge is -2.32. The van der Waals surface area contributed by atoms with Crippen LogP contribution in [0.25, 0.3) is 0 Å². The zero-order valence-electron chi connectivity index (χ0n) is 12.1. The normalized spacial score (nSPS) is 21.8. The molecule has 2 rings (SSSR count). The van der Waals surface area contributed by atoms with E-state index in [9.17, 15) is 9.59 Å². The summed E-state index contributed by atoms with van der Waals surface area (Å²) in [5, 5.41) is 3.13. The second-order valence-electron chi connectivity index (χ2n) is 6.06. The number of rotatable bonds is 4. The summed E-state index contributed by atoms with van der Waals surface area (Å²) < 4.78 is 0. The fourth-order valence-corrected chi connectivity index (χ4v) is 3.47. The maximum Gasteiger partial charge on any atom is 0.237 e. The molecule has 0 aromatic heterocycles. The number of alkyl halides is 1. The maximum absolute atomic E-state index is 12.0. The van der Waals surface area contributed by atoms with Gasteiger partial charge in [0, 0.05) is 25.6 Å². The molecule has 2 amide bonds. The average molecular weight is 301 g/mol. The van der Waals surface area contributed by atoms with E-state index in [1.165, 1.54) is 32.1 Å². The Balaban J connectivity index is 1.66. The van der Waals surface area contributed by atoms with Gasteiger partial charge in [0.2, 0.25) is 11.8 Å². The minimum Gasteiger partial charge on any atom is -0.353 e. The molecule has 0 atom stereocenters. The van der Waals surface area contributed by atoms with E-state index in [-0.39, 0.29) is 23.7 Å². The van der Waals surface area contributed by atoms with E-state index < -0.39 is 0 Å². The maximum atomic E-state index is 12.0. The number of hydrogen-bond acceptors (Lipinski definition) is 2. The molecule has 5 heteroatoms. The fraction of sp³-hybridized carbons (Fsp3) is 0.867. The SMILES string of the molecule is O=C(CC1CCCCC1)NC1CCN(C(=O)CCl)CC1. The summed E-state index contributed by atoms with van der Waals surface area (Å²) in [6.45, 7) is 1.42. The fourth-order valence-electron chi connectivity index (χ4n) is 3.30. The van der Waals surface area contributed by atoms with Gasteiger partial charge in [-0.1, -0.05) is 19.3 Å². The van der Waals surface area contributed by atoms with Gasteiger partial charge in [-0.05, 0) is 31.6 Å². The van der Waals surface area contributed by atoms with Gasteiger partial charge in [-0.25, -0.2) is 0 Å².